The normalized spacial score (nSPS) is 11.2. The summed E-state index contributed by atoms with van der Waals surface area (Å²) >= 11 is 0. The van der Waals surface area contributed by atoms with E-state index in [9.17, 15) is 19.2 Å². The number of aliphatic hydroxyl groups excluding tert-OH is 9. The summed E-state index contributed by atoms with van der Waals surface area (Å²) in [4.78, 5) is 44.4. The van der Waals surface area contributed by atoms with Crippen molar-refractivity contribution in [1.29, 1.82) is 0 Å². The summed E-state index contributed by atoms with van der Waals surface area (Å²) < 4.78 is 38.5. The molecule has 0 aromatic heterocycles. The number of aliphatic carboxylic acids is 4. The molecule has 342 valence electrons. The average molecular weight is 861 g/mol. The molecule has 0 heterocycles. The van der Waals surface area contributed by atoms with Crippen LogP contribution in [0, 0.1) is 0 Å². The molecule has 0 amide bonds. The highest BCUT2D eigenvalue weighted by molar-refractivity contribution is 6.30. The van der Waals surface area contributed by atoms with E-state index in [2.05, 4.69) is 42.6 Å². The highest BCUT2D eigenvalue weighted by Crippen LogP contribution is 2.07. The molecule has 0 unspecified atom stereocenters. The van der Waals surface area contributed by atoms with Crippen molar-refractivity contribution in [3.63, 3.8) is 0 Å². The smallest absolute Gasteiger partial charge is 0.480 e. The predicted molar refractivity (Wildman–Crippen MR) is 170 cm³/mol. The lowest BCUT2D eigenvalue weighted by Gasteiger charge is -2.25. The first kappa shape index (κ1) is 63.1. The van der Waals surface area contributed by atoms with Gasteiger partial charge >= 0.3 is 49.5 Å². The van der Waals surface area contributed by atoms with Crippen molar-refractivity contribution in [1.82, 2.24) is 9.80 Å². The lowest BCUT2D eigenvalue weighted by atomic mass is 10.3. The number of ether oxygens (including phenoxy) is 9. The summed E-state index contributed by atoms with van der Waals surface area (Å²) in [5, 5.41) is 130. The molecular formula is C22H52BN5O29. The monoisotopic (exact) mass is 861 g/mol. The highest BCUT2D eigenvalue weighted by Gasteiger charge is 2.29. The Kier molecular flexibility index (Phi) is 44.0. The van der Waals surface area contributed by atoms with Crippen LogP contribution in [0.1, 0.15) is 0 Å². The van der Waals surface area contributed by atoms with Crippen LogP contribution in [-0.2, 0) is 61.8 Å². The van der Waals surface area contributed by atoms with E-state index in [4.69, 9.17) is 98.7 Å². The summed E-state index contributed by atoms with van der Waals surface area (Å²) in [6.45, 7) is -9.03. The van der Waals surface area contributed by atoms with E-state index >= 15 is 0 Å². The second kappa shape index (κ2) is 39.7. The van der Waals surface area contributed by atoms with Crippen LogP contribution in [0.3, 0.4) is 0 Å². The fraction of sp³-hybridized carbons (Fsp3) is 0.818. The van der Waals surface area contributed by atoms with Crippen molar-refractivity contribution < 1.29 is 143 Å². The second-order valence-electron chi connectivity index (χ2n) is 8.61. The molecule has 0 aliphatic rings. The number of nitrogens with two attached hydrogens (primary N) is 3. The molecule has 0 fully saturated rings. The van der Waals surface area contributed by atoms with Crippen molar-refractivity contribution in [3.05, 3.63) is 0 Å². The number of hydrogen-bond donors (Lipinski definition) is 19. The third kappa shape index (κ3) is 47.2. The van der Waals surface area contributed by atoms with Crippen LogP contribution in [0.5, 0.6) is 0 Å². The third-order valence-electron chi connectivity index (χ3n) is 4.56. The maximum absolute atomic E-state index is 10.6. The Labute approximate surface area is 320 Å². The fourth-order valence-electron chi connectivity index (χ4n) is 2.66. The molecule has 0 aromatic carbocycles. The molecule has 0 saturated carbocycles. The molecule has 34 nitrogen and oxygen atoms in total. The molecular weight excluding hydrogens is 809 g/mol. The molecule has 57 heavy (non-hydrogen) atoms. The van der Waals surface area contributed by atoms with Gasteiger partial charge in [-0.1, -0.05) is 0 Å². The van der Waals surface area contributed by atoms with E-state index in [0.29, 0.717) is 0 Å². The van der Waals surface area contributed by atoms with E-state index in [1.165, 1.54) is 0 Å². The molecule has 0 atom stereocenters. The standard InChI is InChI=1S/C10H16N2O8.3C4H11NO6.BH3O3/c13-7(14)3-11(4-8(15)16)1-2-12(5-9(17)18)6-10(19)20;3*5-4(9-1-6,10-2-7)11-3-8;2-1(3)4/h1-6H2,(H,13,14)(H,15,16)(H,17,18)(H,19,20);3*6-8H,1-3,5H2;2-4H. The molecule has 0 aromatic rings. The summed E-state index contributed by atoms with van der Waals surface area (Å²) in [6.07, 6.45) is -6.30. The zero-order valence-electron chi connectivity index (χ0n) is 29.8. The Bertz CT molecular complexity index is 813. The molecule has 0 saturated heterocycles. The molecule has 22 N–H and O–H groups in total. The summed E-state index contributed by atoms with van der Waals surface area (Å²) in [7, 11) is -2.17. The minimum atomic E-state index is -2.17. The number of hydrogen-bond acceptors (Lipinski definition) is 30. The predicted octanol–water partition coefficient (Wildman–Crippen LogP) is -11.8. The molecule has 35 heteroatoms. The van der Waals surface area contributed by atoms with Crippen LogP contribution < -0.4 is 17.2 Å². The van der Waals surface area contributed by atoms with Gasteiger partial charge in [0.25, 0.3) is 0 Å². The third-order valence-corrected chi connectivity index (χ3v) is 4.56. The molecule has 0 radical (unpaired) electrons. The first-order chi connectivity index (χ1) is 26.5. The van der Waals surface area contributed by atoms with Crippen molar-refractivity contribution >= 4 is 31.2 Å². The van der Waals surface area contributed by atoms with Crippen molar-refractivity contribution in [3.8, 4) is 0 Å². The van der Waals surface area contributed by atoms with Gasteiger partial charge in [0.2, 0.25) is 0 Å². The van der Waals surface area contributed by atoms with Gasteiger partial charge in [-0.05, 0) is 0 Å². The van der Waals surface area contributed by atoms with Crippen LogP contribution in [0.2, 0.25) is 0 Å². The van der Waals surface area contributed by atoms with Crippen LogP contribution in [0.15, 0.2) is 0 Å². The van der Waals surface area contributed by atoms with Crippen LogP contribution in [-0.4, -0.2) is 241 Å². The lowest BCUT2D eigenvalue weighted by Crippen LogP contribution is -2.49. The zero-order valence-corrected chi connectivity index (χ0v) is 29.8. The van der Waals surface area contributed by atoms with Crippen molar-refractivity contribution in [2.24, 2.45) is 17.2 Å². The Morgan fingerprint density at radius 3 is 0.596 bits per heavy atom. The number of carboxylic acid groups (broad SMARTS) is 4. The number of carbonyl (C=O) groups is 4. The van der Waals surface area contributed by atoms with E-state index in [1.807, 2.05) is 0 Å². The number of carboxylic acids is 4. The van der Waals surface area contributed by atoms with Crippen LogP contribution >= 0.6 is 0 Å². The Hall–Kier alpha value is -3.10. The van der Waals surface area contributed by atoms with Crippen molar-refractivity contribution in [2.45, 2.75) is 18.3 Å². The Balaban J connectivity index is -0.000000212. The Morgan fingerprint density at radius 1 is 0.386 bits per heavy atom. The van der Waals surface area contributed by atoms with Gasteiger partial charge in [0.05, 0.1) is 26.2 Å². The molecule has 0 rings (SSSR count). The summed E-state index contributed by atoms with van der Waals surface area (Å²) in [6, 6.07) is 0. The van der Waals surface area contributed by atoms with Gasteiger partial charge in [0.15, 0.2) is 61.1 Å². The minimum Gasteiger partial charge on any atom is -0.480 e. The number of nitrogens with zero attached hydrogens (tertiary/aromatic N) is 2. The molecule has 0 aliphatic carbocycles. The molecule has 0 spiro atoms. The lowest BCUT2D eigenvalue weighted by molar-refractivity contribution is -0.417. The van der Waals surface area contributed by atoms with Gasteiger partial charge in [0.1, 0.15) is 0 Å². The van der Waals surface area contributed by atoms with E-state index in [0.717, 1.165) is 9.80 Å². The van der Waals surface area contributed by atoms with E-state index < -0.39 is 137 Å². The SMILES string of the molecule is NC(OCO)(OCO)OCO.NC(OCO)(OCO)OCO.NC(OCO)(OCO)OCO.O=C(O)CN(CCN(CC(=O)O)CC(=O)O)CC(=O)O.OB(O)O. The summed E-state index contributed by atoms with van der Waals surface area (Å²) in [5.41, 5.74) is 15.2. The maximum atomic E-state index is 10.6. The highest BCUT2D eigenvalue weighted by atomic mass is 16.9. The van der Waals surface area contributed by atoms with Gasteiger partial charge in [-0.15, -0.1) is 0 Å². The zero-order chi connectivity index (χ0) is 45.5. The van der Waals surface area contributed by atoms with Crippen molar-refractivity contribution in [2.75, 3.05) is 100 Å². The quantitative estimate of drug-likeness (QED) is 0.0245. The van der Waals surface area contributed by atoms with Gasteiger partial charge in [0, 0.05) is 13.1 Å². The first-order valence-electron chi connectivity index (χ1n) is 14.4. The fourth-order valence-corrected chi connectivity index (χ4v) is 2.66. The average Bonchev–Trinajstić information content (AvgIpc) is 3.04. The topological polar surface area (TPSA) is 560 Å². The number of aliphatic hydroxyl groups is 9. The molecule has 0 bridgehead atoms. The van der Waals surface area contributed by atoms with Crippen LogP contribution in [0.4, 0.5) is 0 Å². The second-order valence-corrected chi connectivity index (χ2v) is 8.61. The largest absolute Gasteiger partial charge is 0.631 e. The number of rotatable bonds is 29. The van der Waals surface area contributed by atoms with Gasteiger partial charge in [-0.25, -0.2) is 0 Å². The van der Waals surface area contributed by atoms with Gasteiger partial charge in [-0.3, -0.25) is 88.8 Å². The molecule has 0 aliphatic heterocycles. The Morgan fingerprint density at radius 2 is 0.509 bits per heavy atom. The van der Waals surface area contributed by atoms with Gasteiger partial charge < -0.3 is 81.5 Å². The summed E-state index contributed by atoms with van der Waals surface area (Å²) in [5.74, 6) is -4.91. The first-order valence-corrected chi connectivity index (χ1v) is 14.4. The van der Waals surface area contributed by atoms with Crippen LogP contribution in [0.25, 0.3) is 0 Å². The van der Waals surface area contributed by atoms with E-state index in [1.54, 1.807) is 0 Å². The van der Waals surface area contributed by atoms with E-state index in [-0.39, 0.29) is 13.1 Å². The minimum absolute atomic E-state index is 0.0703. The van der Waals surface area contributed by atoms with Gasteiger partial charge in [-0.2, -0.15) is 0 Å². The maximum Gasteiger partial charge on any atom is 0.631 e.